The highest BCUT2D eigenvalue weighted by molar-refractivity contribution is 6.00. The van der Waals surface area contributed by atoms with Gasteiger partial charge in [0.05, 0.1) is 32.6 Å². The molecule has 6 nitrogen and oxygen atoms in total. The van der Waals surface area contributed by atoms with Gasteiger partial charge in [0.1, 0.15) is 5.82 Å². The molecular formula is C23H27N3O3. The smallest absolute Gasteiger partial charge is 0.203 e. The van der Waals surface area contributed by atoms with Crippen molar-refractivity contribution in [2.75, 3.05) is 26.8 Å². The zero-order valence-electron chi connectivity index (χ0n) is 18.0. The van der Waals surface area contributed by atoms with Gasteiger partial charge in [-0.3, -0.25) is 5.43 Å². The monoisotopic (exact) mass is 393 g/mol. The molecule has 1 N–H and O–H groups in total. The van der Waals surface area contributed by atoms with Crippen LogP contribution in [0.2, 0.25) is 0 Å². The molecule has 29 heavy (non-hydrogen) atoms. The molecule has 6 heteroatoms. The van der Waals surface area contributed by atoms with Crippen LogP contribution in [-0.4, -0.2) is 32.0 Å². The van der Waals surface area contributed by atoms with E-state index in [-0.39, 0.29) is 0 Å². The summed E-state index contributed by atoms with van der Waals surface area (Å²) in [6.07, 6.45) is 0. The summed E-state index contributed by atoms with van der Waals surface area (Å²) in [7, 11) is 4.77. The molecule has 0 spiro atoms. The Kier molecular flexibility index (Phi) is 5.92. The summed E-state index contributed by atoms with van der Waals surface area (Å²) in [6.45, 7) is 8.18. The summed E-state index contributed by atoms with van der Waals surface area (Å²) in [4.78, 5) is 4.75. The van der Waals surface area contributed by atoms with E-state index in [0.29, 0.717) is 23.1 Å². The van der Waals surface area contributed by atoms with Crippen LogP contribution in [0.4, 0.5) is 5.82 Å². The lowest BCUT2D eigenvalue weighted by Crippen LogP contribution is -2.04. The van der Waals surface area contributed by atoms with Gasteiger partial charge in [0.2, 0.25) is 5.75 Å². The van der Waals surface area contributed by atoms with E-state index in [0.717, 1.165) is 27.9 Å². The molecule has 1 heterocycles. The van der Waals surface area contributed by atoms with Gasteiger partial charge in [0, 0.05) is 10.9 Å². The number of hydrogen-bond donors (Lipinski definition) is 1. The van der Waals surface area contributed by atoms with Gasteiger partial charge in [-0.05, 0) is 63.1 Å². The molecule has 0 saturated carbocycles. The number of benzene rings is 2. The van der Waals surface area contributed by atoms with Gasteiger partial charge in [-0.2, -0.15) is 5.10 Å². The second kappa shape index (κ2) is 8.39. The maximum Gasteiger partial charge on any atom is 0.203 e. The van der Waals surface area contributed by atoms with Crippen molar-refractivity contribution in [2.45, 2.75) is 27.7 Å². The van der Waals surface area contributed by atoms with Crippen molar-refractivity contribution in [1.29, 1.82) is 0 Å². The third kappa shape index (κ3) is 4.11. The molecule has 3 rings (SSSR count). The number of pyridine rings is 1. The Labute approximate surface area is 171 Å². The number of rotatable bonds is 6. The van der Waals surface area contributed by atoms with Gasteiger partial charge >= 0.3 is 0 Å². The summed E-state index contributed by atoms with van der Waals surface area (Å²) in [5, 5.41) is 5.68. The first-order valence-electron chi connectivity index (χ1n) is 9.37. The predicted octanol–water partition coefficient (Wildman–Crippen LogP) is 5.02. The molecule has 0 bridgehead atoms. The lowest BCUT2D eigenvalue weighted by molar-refractivity contribution is 0.324. The van der Waals surface area contributed by atoms with Crippen molar-refractivity contribution in [1.82, 2.24) is 4.98 Å². The Bertz CT molecular complexity index is 1070. The van der Waals surface area contributed by atoms with Gasteiger partial charge in [-0.1, -0.05) is 11.6 Å². The molecule has 0 amide bonds. The van der Waals surface area contributed by atoms with Crippen LogP contribution in [0.25, 0.3) is 10.9 Å². The Hall–Kier alpha value is -3.28. The van der Waals surface area contributed by atoms with Gasteiger partial charge in [-0.15, -0.1) is 0 Å². The highest BCUT2D eigenvalue weighted by Crippen LogP contribution is 2.38. The third-order valence-corrected chi connectivity index (χ3v) is 4.88. The number of nitrogens with one attached hydrogen (secondary N) is 1. The number of hydrazone groups is 1. The van der Waals surface area contributed by atoms with Crippen LogP contribution in [0.15, 0.2) is 35.4 Å². The fourth-order valence-electron chi connectivity index (χ4n) is 3.40. The van der Waals surface area contributed by atoms with Gasteiger partial charge in [0.15, 0.2) is 11.5 Å². The topological polar surface area (TPSA) is 65.0 Å². The van der Waals surface area contributed by atoms with Crippen LogP contribution in [0.5, 0.6) is 17.2 Å². The normalized spacial score (nSPS) is 11.5. The third-order valence-electron chi connectivity index (χ3n) is 4.88. The van der Waals surface area contributed by atoms with Gasteiger partial charge in [0.25, 0.3) is 0 Å². The van der Waals surface area contributed by atoms with Crippen LogP contribution >= 0.6 is 0 Å². The Balaban J connectivity index is 1.96. The van der Waals surface area contributed by atoms with Crippen molar-refractivity contribution in [3.63, 3.8) is 0 Å². The first kappa shape index (κ1) is 20.5. The van der Waals surface area contributed by atoms with Crippen LogP contribution in [0, 0.1) is 20.8 Å². The Morgan fingerprint density at radius 1 is 0.862 bits per heavy atom. The number of ether oxygens (including phenoxy) is 3. The first-order chi connectivity index (χ1) is 13.9. The van der Waals surface area contributed by atoms with Gasteiger partial charge < -0.3 is 14.2 Å². The second-order valence-electron chi connectivity index (χ2n) is 7.03. The zero-order valence-corrected chi connectivity index (χ0v) is 18.0. The van der Waals surface area contributed by atoms with Crippen molar-refractivity contribution >= 4 is 22.4 Å². The van der Waals surface area contributed by atoms with Crippen molar-refractivity contribution in [3.05, 3.63) is 52.6 Å². The highest BCUT2D eigenvalue weighted by atomic mass is 16.5. The van der Waals surface area contributed by atoms with Crippen LogP contribution in [0.3, 0.4) is 0 Å². The fraction of sp³-hybridized carbons (Fsp3) is 0.304. The standard InChI is InChI=1S/C23H27N3O3/c1-13-8-15(3)22-18(9-13)14(2)10-21(24-22)26-25-16(4)17-11-19(27-5)23(29-7)20(12-17)28-6/h8-12H,1-7H3,(H,24,26). The van der Waals surface area contributed by atoms with E-state index < -0.39 is 0 Å². The summed E-state index contributed by atoms with van der Waals surface area (Å²) in [5.41, 5.74) is 9.24. The summed E-state index contributed by atoms with van der Waals surface area (Å²) < 4.78 is 16.2. The molecule has 3 aromatic rings. The molecule has 152 valence electrons. The summed E-state index contributed by atoms with van der Waals surface area (Å²) in [5.74, 6) is 2.43. The van der Waals surface area contributed by atoms with Crippen molar-refractivity contribution in [3.8, 4) is 17.2 Å². The number of aromatic nitrogens is 1. The van der Waals surface area contributed by atoms with Gasteiger partial charge in [-0.25, -0.2) is 4.98 Å². The number of nitrogens with zero attached hydrogens (tertiary/aromatic N) is 2. The van der Waals surface area contributed by atoms with Crippen molar-refractivity contribution in [2.24, 2.45) is 5.10 Å². The van der Waals surface area contributed by atoms with Crippen LogP contribution < -0.4 is 19.6 Å². The summed E-state index contributed by atoms with van der Waals surface area (Å²) >= 11 is 0. The maximum atomic E-state index is 5.43. The molecule has 0 aliphatic rings. The highest BCUT2D eigenvalue weighted by Gasteiger charge is 2.14. The predicted molar refractivity (Wildman–Crippen MR) is 118 cm³/mol. The number of methoxy groups -OCH3 is 3. The minimum absolute atomic E-state index is 0.553. The SMILES string of the molecule is COc1cc(C(C)=NNc2cc(C)c3cc(C)cc(C)c3n2)cc(OC)c1OC. The Morgan fingerprint density at radius 2 is 1.52 bits per heavy atom. The minimum Gasteiger partial charge on any atom is -0.493 e. The molecule has 0 unspecified atom stereocenters. The maximum absolute atomic E-state index is 5.43. The molecular weight excluding hydrogens is 366 g/mol. The lowest BCUT2D eigenvalue weighted by Gasteiger charge is -2.14. The molecule has 0 aliphatic heterocycles. The average Bonchev–Trinajstić information content (AvgIpc) is 2.71. The molecule has 1 aromatic heterocycles. The molecule has 2 aromatic carbocycles. The van der Waals surface area contributed by atoms with E-state index in [1.165, 1.54) is 10.9 Å². The number of aryl methyl sites for hydroxylation is 3. The van der Waals surface area contributed by atoms with E-state index in [9.17, 15) is 0 Å². The largest absolute Gasteiger partial charge is 0.493 e. The molecule has 0 aliphatic carbocycles. The van der Waals surface area contributed by atoms with Crippen molar-refractivity contribution < 1.29 is 14.2 Å². The average molecular weight is 393 g/mol. The Morgan fingerprint density at radius 3 is 2.10 bits per heavy atom. The molecule has 0 atom stereocenters. The molecule has 0 fully saturated rings. The number of hydrogen-bond acceptors (Lipinski definition) is 6. The molecule has 0 saturated heterocycles. The van der Waals surface area contributed by atoms with E-state index in [1.54, 1.807) is 21.3 Å². The first-order valence-corrected chi connectivity index (χ1v) is 9.37. The fourth-order valence-corrected chi connectivity index (χ4v) is 3.40. The lowest BCUT2D eigenvalue weighted by atomic mass is 10.0. The van der Waals surface area contributed by atoms with Crippen LogP contribution in [0.1, 0.15) is 29.2 Å². The second-order valence-corrected chi connectivity index (χ2v) is 7.03. The minimum atomic E-state index is 0.553. The van der Waals surface area contributed by atoms with E-state index >= 15 is 0 Å². The van der Waals surface area contributed by atoms with E-state index in [4.69, 9.17) is 19.2 Å². The number of fused-ring (bicyclic) bond motifs is 1. The number of anilines is 1. The van der Waals surface area contributed by atoms with Crippen LogP contribution in [-0.2, 0) is 0 Å². The van der Waals surface area contributed by atoms with E-state index in [2.05, 4.69) is 43.4 Å². The zero-order chi connectivity index (χ0) is 21.1. The molecule has 0 radical (unpaired) electrons. The quantitative estimate of drug-likeness (QED) is 0.470. The van der Waals surface area contributed by atoms with E-state index in [1.807, 2.05) is 25.1 Å². The summed E-state index contributed by atoms with van der Waals surface area (Å²) in [6, 6.07) is 10.1.